The third kappa shape index (κ3) is 205. The Morgan fingerprint density at radius 1 is 0.625 bits per heavy atom. The van der Waals surface area contributed by atoms with Gasteiger partial charge in [-0.15, -0.1) is 0 Å². The van der Waals surface area contributed by atoms with Crippen molar-refractivity contribution < 1.29 is 130 Å². The SMILES string of the molecule is O=[Si]([O-])[O-].O=[Si]([O-])[O-].[Ca+2].[Ca+2].[Ca+2].[F-].[F-].[H-].[H-].[H-].[Na+].[Na+].[Na+]. The standard InChI is InChI=1S/3Ca.2FH.3Na.2O3Si.3H/c;;;;;;;;2*1-4(2)3;;;/h;;;2*1H;;;;;;;;/q3*+2;;;3*+1;2*-2;3*-1/p-2. The molecule has 0 aliphatic heterocycles. The summed E-state index contributed by atoms with van der Waals surface area (Å²) in [4.78, 5) is 34.1. The Balaban J connectivity index is -0.00000000218. The Kier molecular flexibility index (Phi) is 247. The molecule has 0 aliphatic carbocycles. The van der Waals surface area contributed by atoms with Crippen LogP contribution in [0.1, 0.15) is 4.28 Å². The van der Waals surface area contributed by atoms with Crippen LogP contribution in [-0.4, -0.2) is 132 Å². The van der Waals surface area contributed by atoms with E-state index in [9.17, 15) is 0 Å². The van der Waals surface area contributed by atoms with E-state index in [-0.39, 0.29) is 216 Å². The molecule has 0 spiro atoms. The van der Waals surface area contributed by atoms with Crippen LogP contribution in [0, 0.1) is 0 Å². The van der Waals surface area contributed by atoms with E-state index in [1.54, 1.807) is 0 Å². The Hall–Kier alpha value is 5.87. The smallest absolute Gasteiger partial charge is 1.00 e. The molecule has 16 heavy (non-hydrogen) atoms. The fraction of sp³-hybridized carbons (Fsp3) is 0. The molecule has 6 nitrogen and oxygen atoms in total. The van der Waals surface area contributed by atoms with Gasteiger partial charge < -0.3 is 41.8 Å². The summed E-state index contributed by atoms with van der Waals surface area (Å²) in [7, 11) is -7.26. The van der Waals surface area contributed by atoms with E-state index in [0.717, 1.165) is 0 Å². The molecule has 70 valence electrons. The summed E-state index contributed by atoms with van der Waals surface area (Å²) >= 11 is 0. The number of halogens is 2. The minimum atomic E-state index is -3.63. The van der Waals surface area contributed by atoms with E-state index in [0.29, 0.717) is 0 Å². The summed E-state index contributed by atoms with van der Waals surface area (Å²) in [6.45, 7) is 0. The van der Waals surface area contributed by atoms with Gasteiger partial charge in [-0.2, -0.15) is 0 Å². The second kappa shape index (κ2) is 58.5. The first-order chi connectivity index (χ1) is 3.46. The molecule has 0 radical (unpaired) electrons. The van der Waals surface area contributed by atoms with E-state index < -0.39 is 18.3 Å². The van der Waals surface area contributed by atoms with Gasteiger partial charge in [0.2, 0.25) is 0 Å². The van der Waals surface area contributed by atoms with Crippen molar-refractivity contribution in [2.45, 2.75) is 0 Å². The zero-order chi connectivity index (χ0) is 7.15. The van der Waals surface area contributed by atoms with Crippen LogP contribution in [0.15, 0.2) is 0 Å². The molecule has 0 bridgehead atoms. The molecule has 0 aromatic carbocycles. The predicted molar refractivity (Wildman–Crippen MR) is 33.5 cm³/mol. The van der Waals surface area contributed by atoms with Crippen molar-refractivity contribution in [1.29, 1.82) is 0 Å². The average molecular weight is 382 g/mol. The molecular formula is H3Ca3F2Na3O6Si2. The van der Waals surface area contributed by atoms with Crippen LogP contribution >= 0.6 is 0 Å². The van der Waals surface area contributed by atoms with Gasteiger partial charge in [0.05, 0.1) is 0 Å². The van der Waals surface area contributed by atoms with Gasteiger partial charge in [0.25, 0.3) is 0 Å². The van der Waals surface area contributed by atoms with Crippen LogP contribution in [-0.2, 0) is 8.92 Å². The zero-order valence-electron chi connectivity index (χ0n) is 12.3. The summed E-state index contributed by atoms with van der Waals surface area (Å²) in [6, 6.07) is 0. The van der Waals surface area contributed by atoms with Gasteiger partial charge in [0, 0.05) is 18.3 Å². The molecule has 16 heteroatoms. The van der Waals surface area contributed by atoms with Crippen molar-refractivity contribution in [1.82, 2.24) is 0 Å². The van der Waals surface area contributed by atoms with Crippen molar-refractivity contribution in [2.24, 2.45) is 0 Å². The Bertz CT molecular complexity index is 105. The van der Waals surface area contributed by atoms with E-state index in [1.165, 1.54) is 0 Å². The molecule has 0 aromatic rings. The van der Waals surface area contributed by atoms with Gasteiger partial charge in [0.15, 0.2) is 0 Å². The molecule has 0 aliphatic rings. The number of hydrogen-bond acceptors (Lipinski definition) is 6. The maximum absolute atomic E-state index is 8.52. The van der Waals surface area contributed by atoms with Gasteiger partial charge in [-0.05, 0) is 0 Å². The molecule has 0 rings (SSSR count). The average Bonchev–Trinajstić information content (AvgIpc) is 1.25. The van der Waals surface area contributed by atoms with Crippen molar-refractivity contribution in [3.63, 3.8) is 0 Å². The third-order valence-electron chi connectivity index (χ3n) is 0. The summed E-state index contributed by atoms with van der Waals surface area (Å²) < 4.78 is 17.0. The van der Waals surface area contributed by atoms with E-state index in [4.69, 9.17) is 28.1 Å². The van der Waals surface area contributed by atoms with Crippen LogP contribution in [0.3, 0.4) is 0 Å². The van der Waals surface area contributed by atoms with Crippen LogP contribution in [0.2, 0.25) is 0 Å². The predicted octanol–water partition coefficient (Wildman–Crippen LogP) is -21.5. The second-order valence-corrected chi connectivity index (χ2v) is 1.50. The van der Waals surface area contributed by atoms with Crippen LogP contribution in [0.25, 0.3) is 0 Å². The first-order valence-corrected chi connectivity index (χ1v) is 3.67. The summed E-state index contributed by atoms with van der Waals surface area (Å²) in [5.74, 6) is 0. The third-order valence-corrected chi connectivity index (χ3v) is 0. The van der Waals surface area contributed by atoms with Crippen LogP contribution < -0.4 is 117 Å². The summed E-state index contributed by atoms with van der Waals surface area (Å²) in [5.41, 5.74) is 0. The second-order valence-electron chi connectivity index (χ2n) is 0.500. The Morgan fingerprint density at radius 3 is 0.625 bits per heavy atom. The van der Waals surface area contributed by atoms with Gasteiger partial charge in [0.1, 0.15) is 0 Å². The molecular weight excluding hydrogens is 379 g/mol. The van der Waals surface area contributed by atoms with Crippen molar-refractivity contribution in [2.75, 3.05) is 0 Å². The monoisotopic (exact) mass is 382 g/mol. The fourth-order valence-electron chi connectivity index (χ4n) is 0. The molecule has 0 unspecified atom stereocenters. The molecule has 0 fully saturated rings. The maximum Gasteiger partial charge on any atom is 2.00 e. The molecule has 0 atom stereocenters. The van der Waals surface area contributed by atoms with Crippen LogP contribution in [0.4, 0.5) is 0 Å². The zero-order valence-corrected chi connectivity index (χ0v) is 24.0. The summed E-state index contributed by atoms with van der Waals surface area (Å²) in [5, 5.41) is 0. The van der Waals surface area contributed by atoms with Gasteiger partial charge >= 0.3 is 202 Å². The van der Waals surface area contributed by atoms with Gasteiger partial charge in [-0.25, -0.2) is 0 Å². The van der Waals surface area contributed by atoms with Crippen molar-refractivity contribution in [3.8, 4) is 0 Å². The van der Waals surface area contributed by atoms with E-state index >= 15 is 0 Å². The van der Waals surface area contributed by atoms with Crippen molar-refractivity contribution in [3.05, 3.63) is 0 Å². The van der Waals surface area contributed by atoms with E-state index in [1.807, 2.05) is 0 Å². The molecule has 0 N–H and O–H groups in total. The topological polar surface area (TPSA) is 126 Å². The molecule has 0 heterocycles. The quantitative estimate of drug-likeness (QED) is 0.383. The first kappa shape index (κ1) is 67.6. The van der Waals surface area contributed by atoms with Gasteiger partial charge in [-0.3, -0.25) is 0 Å². The van der Waals surface area contributed by atoms with E-state index in [2.05, 4.69) is 0 Å². The minimum Gasteiger partial charge on any atom is -1.00 e. The normalized spacial score (nSPS) is 3.00. The number of hydrogen-bond donors (Lipinski definition) is 0. The molecule has 0 aromatic heterocycles. The largest absolute Gasteiger partial charge is 2.00 e. The molecule has 0 saturated heterocycles. The Morgan fingerprint density at radius 2 is 0.625 bits per heavy atom. The molecule has 0 amide bonds. The maximum atomic E-state index is 8.52. The number of rotatable bonds is 0. The minimum absolute atomic E-state index is 0. The van der Waals surface area contributed by atoms with Crippen molar-refractivity contribution >= 4 is 132 Å². The first-order valence-electron chi connectivity index (χ1n) is 1.22. The fourth-order valence-corrected chi connectivity index (χ4v) is 0. The molecule has 0 saturated carbocycles. The summed E-state index contributed by atoms with van der Waals surface area (Å²) in [6.07, 6.45) is 0. The van der Waals surface area contributed by atoms with Gasteiger partial charge in [-0.1, -0.05) is 0 Å². The Labute approximate surface area is 255 Å². The van der Waals surface area contributed by atoms with Crippen LogP contribution in [0.5, 0.6) is 0 Å².